The SMILES string of the molecule is C[Si](C)(C)c1cc(C#Cc2ccccc2)c([Si](C)(C)C)cc1C#Cc1ccccc1. The zero-order valence-electron chi connectivity index (χ0n) is 18.9. The topological polar surface area (TPSA) is 0 Å². The summed E-state index contributed by atoms with van der Waals surface area (Å²) in [5, 5.41) is 2.79. The Morgan fingerprint density at radius 1 is 0.467 bits per heavy atom. The van der Waals surface area contributed by atoms with Gasteiger partial charge in [0, 0.05) is 22.3 Å². The molecule has 0 N–H and O–H groups in total. The fourth-order valence-corrected chi connectivity index (χ4v) is 6.41. The molecule has 0 radical (unpaired) electrons. The molecule has 2 heteroatoms. The summed E-state index contributed by atoms with van der Waals surface area (Å²) in [5.74, 6) is 13.8. The molecule has 0 unspecified atom stereocenters. The van der Waals surface area contributed by atoms with Gasteiger partial charge in [0.05, 0.1) is 16.1 Å². The van der Waals surface area contributed by atoms with Gasteiger partial charge in [-0.3, -0.25) is 0 Å². The van der Waals surface area contributed by atoms with Crippen molar-refractivity contribution in [2.24, 2.45) is 0 Å². The molecule has 0 spiro atoms. The first-order chi connectivity index (χ1) is 14.1. The second-order valence-electron chi connectivity index (χ2n) is 9.68. The summed E-state index contributed by atoms with van der Waals surface area (Å²) in [6, 6.07) is 25.2. The van der Waals surface area contributed by atoms with Gasteiger partial charge in [-0.05, 0) is 46.8 Å². The van der Waals surface area contributed by atoms with Crippen LogP contribution in [0.2, 0.25) is 39.3 Å². The smallest absolute Gasteiger partial charge is 0.0656 e. The Morgan fingerprint density at radius 2 is 0.800 bits per heavy atom. The van der Waals surface area contributed by atoms with Gasteiger partial charge in [0.15, 0.2) is 0 Å². The minimum atomic E-state index is -1.59. The van der Waals surface area contributed by atoms with Crippen molar-refractivity contribution < 1.29 is 0 Å². The van der Waals surface area contributed by atoms with Crippen molar-refractivity contribution in [3.05, 3.63) is 95.1 Å². The van der Waals surface area contributed by atoms with E-state index in [1.54, 1.807) is 0 Å². The van der Waals surface area contributed by atoms with Crippen LogP contribution in [0.25, 0.3) is 0 Å². The Labute approximate surface area is 184 Å². The lowest BCUT2D eigenvalue weighted by molar-refractivity contribution is 1.59. The highest BCUT2D eigenvalue weighted by Gasteiger charge is 2.26. The van der Waals surface area contributed by atoms with Gasteiger partial charge in [0.2, 0.25) is 0 Å². The Hall–Kier alpha value is -2.79. The molecule has 0 saturated carbocycles. The fourth-order valence-electron chi connectivity index (χ4n) is 3.37. The van der Waals surface area contributed by atoms with E-state index in [9.17, 15) is 0 Å². The lowest BCUT2D eigenvalue weighted by atomic mass is 10.1. The van der Waals surface area contributed by atoms with Crippen molar-refractivity contribution in [2.45, 2.75) is 39.3 Å². The van der Waals surface area contributed by atoms with Gasteiger partial charge in [-0.2, -0.15) is 0 Å². The van der Waals surface area contributed by atoms with Gasteiger partial charge in [-0.1, -0.05) is 99.4 Å². The summed E-state index contributed by atoms with van der Waals surface area (Å²) in [4.78, 5) is 0. The van der Waals surface area contributed by atoms with E-state index in [2.05, 4.69) is 99.4 Å². The van der Waals surface area contributed by atoms with Crippen LogP contribution in [0.4, 0.5) is 0 Å². The molecule has 0 fully saturated rings. The van der Waals surface area contributed by atoms with E-state index in [0.717, 1.165) is 11.1 Å². The Kier molecular flexibility index (Phi) is 6.52. The predicted octanol–water partition coefficient (Wildman–Crippen LogP) is 5.58. The maximum absolute atomic E-state index is 3.51. The van der Waals surface area contributed by atoms with Crippen molar-refractivity contribution >= 4 is 26.5 Å². The number of rotatable bonds is 2. The molecule has 0 nitrogen and oxygen atoms in total. The van der Waals surface area contributed by atoms with Crippen LogP contribution in [0.15, 0.2) is 72.8 Å². The molecular weight excluding hydrogens is 392 g/mol. The first kappa shape index (κ1) is 21.9. The zero-order valence-corrected chi connectivity index (χ0v) is 20.9. The minimum Gasteiger partial charge on any atom is -0.0656 e. The van der Waals surface area contributed by atoms with Gasteiger partial charge < -0.3 is 0 Å². The van der Waals surface area contributed by atoms with Crippen molar-refractivity contribution in [2.75, 3.05) is 0 Å². The van der Waals surface area contributed by atoms with Crippen molar-refractivity contribution in [1.82, 2.24) is 0 Å². The molecule has 3 aromatic rings. The highest BCUT2D eigenvalue weighted by molar-refractivity contribution is 6.91. The summed E-state index contributed by atoms with van der Waals surface area (Å²) in [7, 11) is -3.19. The largest absolute Gasteiger partial charge is 0.0792 e. The van der Waals surface area contributed by atoms with Crippen molar-refractivity contribution in [3.63, 3.8) is 0 Å². The normalized spacial score (nSPS) is 11.1. The second-order valence-corrected chi connectivity index (χ2v) is 19.8. The molecule has 0 bridgehead atoms. The van der Waals surface area contributed by atoms with Gasteiger partial charge in [-0.25, -0.2) is 0 Å². The first-order valence-electron chi connectivity index (χ1n) is 10.5. The van der Waals surface area contributed by atoms with E-state index in [4.69, 9.17) is 0 Å². The van der Waals surface area contributed by atoms with Crippen LogP contribution < -0.4 is 10.4 Å². The average molecular weight is 423 g/mol. The molecule has 3 rings (SSSR count). The molecular formula is C28H30Si2. The number of benzene rings is 3. The summed E-state index contributed by atoms with van der Waals surface area (Å²) in [6.07, 6.45) is 0. The maximum Gasteiger partial charge on any atom is 0.0792 e. The lowest BCUT2D eigenvalue weighted by Gasteiger charge is -2.25. The first-order valence-corrected chi connectivity index (χ1v) is 17.5. The highest BCUT2D eigenvalue weighted by atomic mass is 28.3. The van der Waals surface area contributed by atoms with Crippen LogP contribution in [-0.4, -0.2) is 16.1 Å². The third-order valence-corrected chi connectivity index (χ3v) is 9.06. The Bertz CT molecular complexity index is 1040. The molecule has 0 saturated heterocycles. The zero-order chi connectivity index (χ0) is 21.8. The maximum atomic E-state index is 3.51. The number of hydrogen-bond donors (Lipinski definition) is 0. The summed E-state index contributed by atoms with van der Waals surface area (Å²) in [5.41, 5.74) is 4.48. The number of hydrogen-bond acceptors (Lipinski definition) is 0. The minimum absolute atomic E-state index is 1.06. The molecule has 0 aliphatic carbocycles. The summed E-state index contributed by atoms with van der Waals surface area (Å²) in [6.45, 7) is 14.3. The van der Waals surface area contributed by atoms with Gasteiger partial charge >= 0.3 is 0 Å². The van der Waals surface area contributed by atoms with Crippen LogP contribution >= 0.6 is 0 Å². The fraction of sp³-hybridized carbons (Fsp3) is 0.214. The molecule has 0 atom stereocenters. The van der Waals surface area contributed by atoms with Crippen LogP contribution in [0.1, 0.15) is 22.3 Å². The Balaban J connectivity index is 2.19. The summed E-state index contributed by atoms with van der Waals surface area (Å²) >= 11 is 0. The van der Waals surface area contributed by atoms with E-state index in [1.807, 2.05) is 36.4 Å². The molecule has 0 heterocycles. The lowest BCUT2D eigenvalue weighted by Crippen LogP contribution is -2.45. The van der Waals surface area contributed by atoms with Crippen LogP contribution in [-0.2, 0) is 0 Å². The van der Waals surface area contributed by atoms with E-state index in [-0.39, 0.29) is 0 Å². The van der Waals surface area contributed by atoms with E-state index >= 15 is 0 Å². The summed E-state index contributed by atoms with van der Waals surface area (Å²) < 4.78 is 0. The third-order valence-electron chi connectivity index (χ3n) is 5.00. The van der Waals surface area contributed by atoms with Gasteiger partial charge in [0.25, 0.3) is 0 Å². The van der Waals surface area contributed by atoms with Crippen LogP contribution in [0.5, 0.6) is 0 Å². The quantitative estimate of drug-likeness (QED) is 0.374. The molecule has 0 amide bonds. The van der Waals surface area contributed by atoms with Crippen LogP contribution in [0.3, 0.4) is 0 Å². The van der Waals surface area contributed by atoms with Crippen molar-refractivity contribution in [3.8, 4) is 23.7 Å². The molecule has 3 aromatic carbocycles. The standard InChI is InChI=1S/C28H30Si2/c1-29(2,3)27-21-26(20-18-24-15-11-8-12-16-24)28(30(4,5)6)22-25(27)19-17-23-13-9-7-10-14-23/h7-16,21-22H,1-6H3. The van der Waals surface area contributed by atoms with E-state index < -0.39 is 16.1 Å². The predicted molar refractivity (Wildman–Crippen MR) is 137 cm³/mol. The van der Waals surface area contributed by atoms with Gasteiger partial charge in [-0.15, -0.1) is 0 Å². The molecule has 0 aliphatic heterocycles. The average Bonchev–Trinajstić information content (AvgIpc) is 2.70. The van der Waals surface area contributed by atoms with E-state index in [0.29, 0.717) is 0 Å². The molecule has 150 valence electrons. The highest BCUT2D eigenvalue weighted by Crippen LogP contribution is 2.13. The molecule has 0 aliphatic rings. The molecule has 30 heavy (non-hydrogen) atoms. The third kappa shape index (κ3) is 5.64. The monoisotopic (exact) mass is 422 g/mol. The van der Waals surface area contributed by atoms with E-state index in [1.165, 1.54) is 21.5 Å². The van der Waals surface area contributed by atoms with Crippen LogP contribution in [0, 0.1) is 23.7 Å². The Morgan fingerprint density at radius 3 is 1.10 bits per heavy atom. The van der Waals surface area contributed by atoms with Crippen molar-refractivity contribution in [1.29, 1.82) is 0 Å². The molecule has 0 aromatic heterocycles. The second kappa shape index (κ2) is 8.92. The van der Waals surface area contributed by atoms with Gasteiger partial charge in [0.1, 0.15) is 0 Å².